The minimum absolute atomic E-state index is 0. The fourth-order valence-corrected chi connectivity index (χ4v) is 11.8. The molecule has 0 saturated heterocycles. The van der Waals surface area contributed by atoms with Crippen molar-refractivity contribution in [2.75, 3.05) is 53.9 Å². The van der Waals surface area contributed by atoms with E-state index in [1.54, 1.807) is 30.3 Å². The predicted molar refractivity (Wildman–Crippen MR) is 365 cm³/mol. The van der Waals surface area contributed by atoms with Gasteiger partial charge in [0.05, 0.1) is 40.6 Å². The molecule has 0 heterocycles. The molecule has 2 aromatic rings. The van der Waals surface area contributed by atoms with Crippen LogP contribution in [-0.2, 0) is 65.4 Å². The molecular weight excluding hydrogens is 1310 g/mol. The molecule has 4 atom stereocenters. The largest absolute Gasteiger partial charge is 1.00 e. The number of esters is 4. The van der Waals surface area contributed by atoms with E-state index in [1.165, 1.54) is 123 Å². The number of rotatable bonds is 62. The Labute approximate surface area is 626 Å². The monoisotopic (exact) mass is 1430 g/mol. The number of ether oxygens (including phenoxy) is 6. The van der Waals surface area contributed by atoms with Crippen LogP contribution in [0.5, 0.6) is 17.2 Å². The number of hydrogen-bond acceptors (Lipinski definition) is 21. The first-order chi connectivity index (χ1) is 45.8. The van der Waals surface area contributed by atoms with E-state index in [0.717, 1.165) is 103 Å². The average molecular weight is 1430 g/mol. The van der Waals surface area contributed by atoms with Crippen LogP contribution in [0.3, 0.4) is 0 Å². The third-order valence-electron chi connectivity index (χ3n) is 15.9. The van der Waals surface area contributed by atoms with Crippen LogP contribution >= 0.6 is 15.6 Å². The van der Waals surface area contributed by atoms with Crippen LogP contribution in [0.15, 0.2) is 42.5 Å². The number of phosphoric acid groups is 2. The Morgan fingerprint density at radius 1 is 0.412 bits per heavy atom. The maximum absolute atomic E-state index is 12.8. The second-order valence-corrected chi connectivity index (χ2v) is 27.4. The summed E-state index contributed by atoms with van der Waals surface area (Å²) in [5, 5.41) is 20.4. The van der Waals surface area contributed by atoms with Gasteiger partial charge in [-0.2, -0.15) is 0 Å². The maximum atomic E-state index is 12.8. The summed E-state index contributed by atoms with van der Waals surface area (Å²) in [6.07, 6.45) is 34.2. The third-order valence-corrected chi connectivity index (χ3v) is 17.7. The molecule has 4 unspecified atom stereocenters. The van der Waals surface area contributed by atoms with E-state index in [9.17, 15) is 53.1 Å². The predicted octanol–water partition coefficient (Wildman–Crippen LogP) is 10.6. The second kappa shape index (κ2) is 64.4. The summed E-state index contributed by atoms with van der Waals surface area (Å²) in [5.74, 6) is -1.98. The number of ketones is 1. The standard InChI is InChI=1S/C57H110O17P2.C15H14O4.2Na/c1-5-9-13-17-21-25-29-33-37-41-54(59)67-47-52(73-56(61)43-39-35-31-27-23-19-15-11-7-3)49-71-75(63,64)69-45-51(58)46-70-76(65,66)72-50-53(74-57(62)44-40-36-32-28-24-20-16-12-8-4)48-68-55(60)42-38-34-30-26-22-18-14-10-6-2;1-18-11-8-12(16)14(13(9-11)19-2)15(17)10-6-4-3-5-7-10;;/h51-53,58H,5-50H2,1-4H3,(H,63,64)(H,65,66);3-9,16H,1-2H3;;/q;;2*+1/p-2. The van der Waals surface area contributed by atoms with Crippen molar-refractivity contribution in [3.8, 4) is 17.2 Å². The number of hydrogen-bond donors (Lipinski definition) is 2. The number of benzene rings is 2. The van der Waals surface area contributed by atoms with Crippen LogP contribution in [0.1, 0.15) is 300 Å². The van der Waals surface area contributed by atoms with Crippen molar-refractivity contribution in [1.29, 1.82) is 0 Å². The van der Waals surface area contributed by atoms with Gasteiger partial charge in [0, 0.05) is 43.4 Å². The van der Waals surface area contributed by atoms with Crippen LogP contribution < -0.4 is 78.4 Å². The molecule has 25 heteroatoms. The molecule has 0 aliphatic rings. The normalized spacial score (nSPS) is 13.2. The van der Waals surface area contributed by atoms with Gasteiger partial charge in [-0.15, -0.1) is 0 Å². The van der Waals surface area contributed by atoms with Crippen molar-refractivity contribution < 1.29 is 159 Å². The molecule has 2 rings (SSSR count). The third kappa shape index (κ3) is 54.9. The summed E-state index contributed by atoms with van der Waals surface area (Å²) < 4.78 is 76.8. The molecule has 2 N–H and O–H groups in total. The molecular formula is C72H122Na2O21P2. The molecule has 0 spiro atoms. The Balaban J connectivity index is 0. The first-order valence-corrected chi connectivity index (χ1v) is 38.9. The molecule has 548 valence electrons. The first kappa shape index (κ1) is 96.6. The van der Waals surface area contributed by atoms with Crippen molar-refractivity contribution in [2.45, 2.75) is 303 Å². The quantitative estimate of drug-likeness (QED) is 0.0155. The van der Waals surface area contributed by atoms with Gasteiger partial charge in [0.25, 0.3) is 15.6 Å². The molecule has 2 aromatic carbocycles. The number of aliphatic hydroxyl groups excluding tert-OH is 1. The number of aromatic hydroxyl groups is 1. The summed E-state index contributed by atoms with van der Waals surface area (Å²) in [6.45, 7) is 4.36. The van der Waals surface area contributed by atoms with Gasteiger partial charge in [-0.1, -0.05) is 263 Å². The molecule has 0 saturated carbocycles. The Morgan fingerprint density at radius 2 is 0.711 bits per heavy atom. The number of methoxy groups -OCH3 is 2. The van der Waals surface area contributed by atoms with E-state index in [0.29, 0.717) is 37.0 Å². The van der Waals surface area contributed by atoms with Crippen LogP contribution in [0.25, 0.3) is 0 Å². The molecule has 21 nitrogen and oxygen atoms in total. The summed E-state index contributed by atoms with van der Waals surface area (Å²) in [6, 6.07) is 11.7. The molecule has 0 aliphatic heterocycles. The van der Waals surface area contributed by atoms with E-state index in [1.807, 2.05) is 6.07 Å². The van der Waals surface area contributed by atoms with Gasteiger partial charge < -0.3 is 66.5 Å². The first-order valence-electron chi connectivity index (χ1n) is 36.0. The van der Waals surface area contributed by atoms with Crippen LogP contribution in [0.2, 0.25) is 0 Å². The molecule has 0 aromatic heterocycles. The van der Waals surface area contributed by atoms with Crippen molar-refractivity contribution >= 4 is 45.3 Å². The molecule has 0 radical (unpaired) electrons. The number of carbonyl (C=O) groups excluding carboxylic acids is 5. The van der Waals surface area contributed by atoms with Crippen molar-refractivity contribution in [3.63, 3.8) is 0 Å². The van der Waals surface area contributed by atoms with Crippen LogP contribution in [-0.4, -0.2) is 112 Å². The summed E-state index contributed by atoms with van der Waals surface area (Å²) >= 11 is 0. The summed E-state index contributed by atoms with van der Waals surface area (Å²) in [7, 11) is -7.47. The Bertz CT molecular complexity index is 2280. The topological polar surface area (TPSA) is 298 Å². The summed E-state index contributed by atoms with van der Waals surface area (Å²) in [5.41, 5.74) is 0.621. The van der Waals surface area contributed by atoms with Gasteiger partial charge in [-0.3, -0.25) is 33.1 Å². The number of phenols is 1. The molecule has 0 aliphatic carbocycles. The maximum Gasteiger partial charge on any atom is 1.00 e. The Hall–Kier alpha value is -2.43. The fourth-order valence-electron chi connectivity index (χ4n) is 10.2. The van der Waals surface area contributed by atoms with E-state index in [2.05, 4.69) is 27.7 Å². The fraction of sp³-hybridized carbons (Fsp3) is 0.764. The second-order valence-electron chi connectivity index (χ2n) is 24.6. The van der Waals surface area contributed by atoms with Crippen LogP contribution in [0.4, 0.5) is 0 Å². The molecule has 0 bridgehead atoms. The van der Waals surface area contributed by atoms with Gasteiger partial charge in [-0.05, 0) is 25.7 Å². The number of carbonyl (C=O) groups is 5. The minimum Gasteiger partial charge on any atom is -0.756 e. The van der Waals surface area contributed by atoms with E-state index >= 15 is 0 Å². The number of aliphatic hydroxyl groups is 1. The zero-order chi connectivity index (χ0) is 70.1. The molecule has 0 amide bonds. The minimum atomic E-state index is -5.20. The zero-order valence-electron chi connectivity index (χ0n) is 60.8. The van der Waals surface area contributed by atoms with Gasteiger partial charge in [-0.25, -0.2) is 0 Å². The van der Waals surface area contributed by atoms with E-state index in [4.69, 9.17) is 46.5 Å². The van der Waals surface area contributed by atoms with E-state index < -0.39 is 97.5 Å². The van der Waals surface area contributed by atoms with Gasteiger partial charge in [0.15, 0.2) is 12.2 Å². The smallest absolute Gasteiger partial charge is 0.756 e. The number of phosphoric ester groups is 2. The molecule has 97 heavy (non-hydrogen) atoms. The van der Waals surface area contributed by atoms with Crippen molar-refractivity contribution in [1.82, 2.24) is 0 Å². The Kier molecular flexibility index (Phi) is 64.2. The Morgan fingerprint density at radius 3 is 1.02 bits per heavy atom. The van der Waals surface area contributed by atoms with Gasteiger partial charge >= 0.3 is 83.0 Å². The van der Waals surface area contributed by atoms with Crippen molar-refractivity contribution in [2.24, 2.45) is 0 Å². The number of phenolic OH excluding ortho intramolecular Hbond substituents is 1. The molecule has 0 fully saturated rings. The van der Waals surface area contributed by atoms with E-state index in [-0.39, 0.29) is 108 Å². The average Bonchev–Trinajstić information content (AvgIpc) is 0.822. The zero-order valence-corrected chi connectivity index (χ0v) is 66.6. The van der Waals surface area contributed by atoms with Gasteiger partial charge in [0.2, 0.25) is 5.78 Å². The van der Waals surface area contributed by atoms with Crippen molar-refractivity contribution in [3.05, 3.63) is 53.6 Å². The SMILES string of the molecule is CCCCCCCCCCCC(=O)OCC(COP(=O)([O-])OCC(O)COP(=O)([O-])OCC(COC(=O)CCCCCCCCCCC)OC(=O)CCCCCCCCCCC)OC(=O)CCCCCCCCCCC.COc1cc(O)c(C(=O)c2ccccc2)c(OC)c1.[Na+].[Na+]. The summed E-state index contributed by atoms with van der Waals surface area (Å²) in [4.78, 5) is 88.6. The van der Waals surface area contributed by atoms with Crippen LogP contribution in [0, 0.1) is 0 Å². The number of unbranched alkanes of at least 4 members (excludes halogenated alkanes) is 32. The van der Waals surface area contributed by atoms with Gasteiger partial charge in [0.1, 0.15) is 42.1 Å².